The number of carboxylic acid groups (broad SMARTS) is 2. The quantitative estimate of drug-likeness (QED) is 0.0324. The highest BCUT2D eigenvalue weighted by Crippen LogP contribution is 2.32. The molecule has 37 heteroatoms. The number of nitrogens with one attached hydrogen (secondary N) is 11. The Morgan fingerprint density at radius 2 is 1.20 bits per heavy atom. The van der Waals surface area contributed by atoms with Gasteiger partial charge in [-0.1, -0.05) is 69.5 Å². The highest BCUT2D eigenvalue weighted by atomic mass is 32.2. The van der Waals surface area contributed by atoms with Crippen LogP contribution in [0, 0.1) is 11.3 Å². The first-order valence-corrected chi connectivity index (χ1v) is 39.0. The van der Waals surface area contributed by atoms with Gasteiger partial charge >= 0.3 is 5.96 Å². The lowest BCUT2D eigenvalue weighted by molar-refractivity contribution is -0.459. The summed E-state index contributed by atoms with van der Waals surface area (Å²) in [5.74, 6) is -14.7. The summed E-state index contributed by atoms with van der Waals surface area (Å²) in [6.07, 6.45) is 3.66. The molecule has 0 radical (unpaired) electrons. The Morgan fingerprint density at radius 1 is 0.615 bits per heavy atom. The van der Waals surface area contributed by atoms with Gasteiger partial charge in [0.05, 0.1) is 13.2 Å². The minimum absolute atomic E-state index is 0.00347. The second kappa shape index (κ2) is 42.5. The molecule has 10 atom stereocenters. The maximum atomic E-state index is 15.3. The Labute approximate surface area is 639 Å². The molecule has 0 unspecified atom stereocenters. The van der Waals surface area contributed by atoms with Gasteiger partial charge in [-0.15, -0.1) is 0 Å². The number of aromatic nitrogens is 1. The lowest BCUT2D eigenvalue weighted by Crippen LogP contribution is -2.78. The lowest BCUT2D eigenvalue weighted by atomic mass is 9.80. The van der Waals surface area contributed by atoms with Crippen LogP contribution in [0.3, 0.4) is 0 Å². The molecule has 596 valence electrons. The zero-order valence-corrected chi connectivity index (χ0v) is 63.1. The molecule has 0 spiro atoms. The van der Waals surface area contributed by atoms with Gasteiger partial charge < -0.3 is 98.6 Å². The molecule has 3 aromatic rings. The Balaban J connectivity index is 1.31. The standard InChI is InChI=1S/C72H103N17O18S2/c1-72(2,3)33-53-68(103)83-51(31-43-34-78-46-16-7-6-15-45(43)46)66(101)82-48(19-21-57(73)90)63(98)81-49(20-22-59(92)93)64(99)87-54(61(74)96)38-108-36-41-27-42-29-44(28-41)106-25-8-4-5-9-26-107-79-35-58(91)80-47(17-11-23-77-71(75)76)62(97)88-55(39-109-37-42)70(105)89-24-12-18-56(89)69(104)85-50(30-40-13-10-14-40)65(100)84-52(32-60(94)95)67(102)86-53/h6-7,15-16,27-29,34-35,40,47-56,78H,4-5,8-14,17-26,30-33,36-39H2,1-3H3,(H2,73,90)(H2,74,96)(H,80,91)(H,81,98)(H,82,101)(H,83,103)(H,84,100)(H,85,104)(H,86,102)(H,87,99)(H,88,97)(H,92,93)(H,94,95)(H4,75,76,77)/p-1/b79-35+/t47-,48-,49-,50-,51-,52-,53-,54-,55-,56-/m0/s1. The topological polar surface area (TPSA) is 561 Å². The van der Waals surface area contributed by atoms with Crippen molar-refractivity contribution >= 4 is 129 Å². The summed E-state index contributed by atoms with van der Waals surface area (Å²) in [7, 11) is 0. The Kier molecular flexibility index (Phi) is 33.6. The third-order valence-electron chi connectivity index (χ3n) is 18.7. The van der Waals surface area contributed by atoms with E-state index in [4.69, 9.17) is 32.5 Å². The molecule has 1 saturated carbocycles. The minimum atomic E-state index is -1.97. The first kappa shape index (κ1) is 86.0. The fourth-order valence-electron chi connectivity index (χ4n) is 12.9. The van der Waals surface area contributed by atoms with Crippen LogP contribution in [-0.4, -0.2) is 203 Å². The third kappa shape index (κ3) is 28.7. The number of H-pyrrole nitrogens is 1. The summed E-state index contributed by atoms with van der Waals surface area (Å²) in [4.78, 5) is 210. The summed E-state index contributed by atoms with van der Waals surface area (Å²) in [6.45, 7) is 5.79. The molecule has 1 aromatic heterocycles. The third-order valence-corrected chi connectivity index (χ3v) is 20.9. The van der Waals surface area contributed by atoms with Crippen LogP contribution in [0.1, 0.15) is 153 Å². The summed E-state index contributed by atoms with van der Waals surface area (Å²) in [5, 5.41) is 52.5. The number of primary amides is 2. The van der Waals surface area contributed by atoms with Crippen molar-refractivity contribution in [2.75, 3.05) is 37.8 Å². The van der Waals surface area contributed by atoms with E-state index in [2.05, 4.69) is 63.0 Å². The number of aliphatic carboxylic acids is 2. The Bertz CT molecular complexity index is 3810. The van der Waals surface area contributed by atoms with Crippen LogP contribution in [0.15, 0.2) is 53.8 Å². The van der Waals surface area contributed by atoms with E-state index >= 15 is 9.59 Å². The molecule has 4 aliphatic rings. The zero-order chi connectivity index (χ0) is 79.3. The van der Waals surface area contributed by atoms with Crippen molar-refractivity contribution in [2.45, 2.75) is 215 Å². The molecular formula is C72H102N17O18S2-. The molecular weight excluding hydrogens is 1460 g/mol. The maximum absolute atomic E-state index is 15.3. The summed E-state index contributed by atoms with van der Waals surface area (Å²) < 4.78 is 6.29. The number of aromatic amines is 1. The van der Waals surface area contributed by atoms with E-state index in [9.17, 15) is 67.7 Å². The average Bonchev–Trinajstić information content (AvgIpc) is 1.17. The largest absolute Gasteiger partial charge is 0.550 e. The number of thioether (sulfide) groups is 2. The number of carbonyl (C=O) groups excluding carboxylic acids is 14. The number of hydrogen-bond acceptors (Lipinski definition) is 21. The fraction of sp³-hybridized carbons (Fsp3) is 0.583. The molecule has 35 nitrogen and oxygen atoms in total. The van der Waals surface area contributed by atoms with Gasteiger partial charge in [-0.3, -0.25) is 74.0 Å². The van der Waals surface area contributed by atoms with Crippen molar-refractivity contribution in [3.05, 3.63) is 65.4 Å². The number of ether oxygens (including phenoxy) is 1. The normalized spacial score (nSPS) is 24.9. The number of amides is 12. The van der Waals surface area contributed by atoms with Crippen molar-refractivity contribution in [1.82, 2.24) is 57.7 Å². The lowest BCUT2D eigenvalue weighted by Gasteiger charge is -2.33. The molecule has 1 saturated heterocycles. The van der Waals surface area contributed by atoms with E-state index in [0.29, 0.717) is 65.4 Å². The fourth-order valence-corrected chi connectivity index (χ4v) is 14.9. The van der Waals surface area contributed by atoms with Crippen LogP contribution in [-0.2, 0) is 89.9 Å². The van der Waals surface area contributed by atoms with E-state index in [1.165, 1.54) is 16.7 Å². The van der Waals surface area contributed by atoms with E-state index in [1.54, 1.807) is 63.4 Å². The van der Waals surface area contributed by atoms with Crippen molar-refractivity contribution < 1.29 is 91.9 Å². The first-order valence-electron chi connectivity index (χ1n) is 36.6. The van der Waals surface area contributed by atoms with Gasteiger partial charge in [0.2, 0.25) is 65.0 Å². The number of carboxylic acids is 2. The molecule has 4 bridgehead atoms. The molecule has 12 amide bonds. The van der Waals surface area contributed by atoms with Crippen LogP contribution >= 0.6 is 23.5 Å². The number of rotatable bonds is 18. The summed E-state index contributed by atoms with van der Waals surface area (Å²) in [5.41, 5.74) is 24.3. The molecule has 3 aliphatic heterocycles. The van der Waals surface area contributed by atoms with E-state index in [-0.39, 0.29) is 106 Å². The van der Waals surface area contributed by atoms with Crippen molar-refractivity contribution in [3.63, 3.8) is 0 Å². The van der Waals surface area contributed by atoms with E-state index in [0.717, 1.165) is 30.8 Å². The van der Waals surface area contributed by atoms with Crippen LogP contribution in [0.4, 0.5) is 0 Å². The van der Waals surface area contributed by atoms with Crippen LogP contribution in [0.5, 0.6) is 5.75 Å². The average molecular weight is 1560 g/mol. The molecule has 2 fully saturated rings. The van der Waals surface area contributed by atoms with Crippen LogP contribution in [0.25, 0.3) is 10.9 Å². The van der Waals surface area contributed by atoms with Gasteiger partial charge in [-0.2, -0.15) is 23.5 Å². The van der Waals surface area contributed by atoms with Gasteiger partial charge in [0, 0.05) is 77.9 Å². The molecule has 2 aromatic carbocycles. The smallest absolute Gasteiger partial charge is 0.338 e. The number of carbonyl (C=O) groups is 14. The highest BCUT2D eigenvalue weighted by molar-refractivity contribution is 7.98. The van der Waals surface area contributed by atoms with Crippen molar-refractivity contribution in [2.24, 2.45) is 39.4 Å². The Morgan fingerprint density at radius 3 is 1.85 bits per heavy atom. The predicted octanol–water partition coefficient (Wildman–Crippen LogP) is -4.62. The van der Waals surface area contributed by atoms with Gasteiger partial charge in [0.15, 0.2) is 0 Å². The number of oxime groups is 1. The molecule has 19 N–H and O–H groups in total. The maximum Gasteiger partial charge on any atom is 0.338 e. The first-order chi connectivity index (χ1) is 51.9. The number of para-hydroxylation sites is 1. The number of guanidine groups is 1. The van der Waals surface area contributed by atoms with E-state index in [1.807, 2.05) is 6.07 Å². The number of nitrogens with zero attached hydrogens (tertiary/aromatic N) is 2. The Hall–Kier alpha value is -10.2. The van der Waals surface area contributed by atoms with Gasteiger partial charge in [0.1, 0.15) is 79.0 Å². The van der Waals surface area contributed by atoms with Crippen LogP contribution < -0.4 is 90.7 Å². The monoisotopic (exact) mass is 1560 g/mol. The van der Waals surface area contributed by atoms with Crippen molar-refractivity contribution in [1.29, 1.82) is 0 Å². The van der Waals surface area contributed by atoms with Crippen molar-refractivity contribution in [3.8, 4) is 5.75 Å². The molecule has 109 heavy (non-hydrogen) atoms. The number of benzene rings is 2. The van der Waals surface area contributed by atoms with Crippen LogP contribution in [0.2, 0.25) is 0 Å². The number of hydrogen-bond donors (Lipinski definition) is 15. The summed E-state index contributed by atoms with van der Waals surface area (Å²) in [6, 6.07) is -3.23. The highest BCUT2D eigenvalue weighted by Gasteiger charge is 2.42. The number of fused-ring (bicyclic) bond motifs is 7. The zero-order valence-electron chi connectivity index (χ0n) is 61.5. The van der Waals surface area contributed by atoms with E-state index < -0.39 is 181 Å². The number of nitrogens with two attached hydrogens (primary N) is 4. The van der Waals surface area contributed by atoms with Gasteiger partial charge in [-0.25, -0.2) is 0 Å². The molecule has 1 aliphatic carbocycles. The minimum Gasteiger partial charge on any atom is -0.550 e. The summed E-state index contributed by atoms with van der Waals surface area (Å²) >= 11 is 2.38. The second-order valence-corrected chi connectivity index (χ2v) is 30.9. The van der Waals surface area contributed by atoms with Gasteiger partial charge in [0.25, 0.3) is 5.91 Å². The molecule has 4 heterocycles. The molecule has 7 rings (SSSR count). The second-order valence-electron chi connectivity index (χ2n) is 28.9. The SMILES string of the molecule is CC(C)(C)C[C@@H]1NC(=O)[C@H](CC(=O)[O-])NC(=O)[C@H](CC2CCC2)NC(=O)[C@@H]2CCCN2C(=O)[C@@H]2CSCc3cc(cc(c3)OCCCCCCO/N=C/C(=O)N[C@@H](CCC[NH+]=C(N)N)C(=O)N2)CSC[C@@H](C(N)=O)NC(=O)[C@H](CCC(=O)[O-])NC(=O)[C@H](CCC(N)=O)NC(=O)[C@H](Cc2c[nH]c3ccccc23)NC1=O. The predicted molar refractivity (Wildman–Crippen MR) is 397 cm³/mol. The van der Waals surface area contributed by atoms with Gasteiger partial charge in [-0.05, 0) is 130 Å².